The Kier molecular flexibility index (Phi) is 1.45. The number of carboxylic acids is 1. The van der Waals surface area contributed by atoms with Crippen molar-refractivity contribution in [2.45, 2.75) is 0 Å². The van der Waals surface area contributed by atoms with E-state index < -0.39 is 5.97 Å². The van der Waals surface area contributed by atoms with Crippen LogP contribution in [0, 0.1) is 0 Å². The number of rotatable bonds is 1. The molecule has 0 spiro atoms. The monoisotopic (exact) mass is 179 g/mol. The zero-order valence-corrected chi connectivity index (χ0v) is 6.39. The predicted octanol–water partition coefficient (Wildman–Crippen LogP) is 1.23. The van der Waals surface area contributed by atoms with Gasteiger partial charge in [-0.2, -0.15) is 0 Å². The number of aromatic hydroxyl groups is 1. The molecule has 66 valence electrons. The van der Waals surface area contributed by atoms with Crippen LogP contribution < -0.4 is 0 Å². The minimum absolute atomic E-state index is 0.0257. The van der Waals surface area contributed by atoms with Gasteiger partial charge in [0.2, 0.25) is 0 Å². The van der Waals surface area contributed by atoms with Crippen LogP contribution in [0.15, 0.2) is 22.7 Å². The molecule has 0 atom stereocenters. The first-order valence-electron chi connectivity index (χ1n) is 3.50. The van der Waals surface area contributed by atoms with Crippen LogP contribution in [0.3, 0.4) is 0 Å². The Bertz CT molecular complexity index is 474. The number of aromatic carboxylic acids is 1. The van der Waals surface area contributed by atoms with E-state index in [1.54, 1.807) is 0 Å². The SMILES string of the molecule is O=C(O)c1onc2cc(O)ccc12. The van der Waals surface area contributed by atoms with Gasteiger partial charge in [0.15, 0.2) is 0 Å². The van der Waals surface area contributed by atoms with Crippen molar-refractivity contribution in [1.29, 1.82) is 0 Å². The summed E-state index contributed by atoms with van der Waals surface area (Å²) in [5, 5.41) is 21.6. The minimum atomic E-state index is -1.17. The van der Waals surface area contributed by atoms with Crippen molar-refractivity contribution in [2.75, 3.05) is 0 Å². The van der Waals surface area contributed by atoms with Crippen molar-refractivity contribution in [2.24, 2.45) is 0 Å². The van der Waals surface area contributed by atoms with Gasteiger partial charge in [-0.15, -0.1) is 0 Å². The van der Waals surface area contributed by atoms with Crippen LogP contribution in [0.25, 0.3) is 10.9 Å². The summed E-state index contributed by atoms with van der Waals surface area (Å²) >= 11 is 0. The van der Waals surface area contributed by atoms with Gasteiger partial charge in [0.05, 0.1) is 5.39 Å². The lowest BCUT2D eigenvalue weighted by Crippen LogP contribution is -1.93. The molecule has 1 aromatic carbocycles. The second kappa shape index (κ2) is 2.48. The molecule has 0 saturated heterocycles. The Hall–Kier alpha value is -2.04. The molecule has 0 aliphatic heterocycles. The molecule has 0 bridgehead atoms. The van der Waals surface area contributed by atoms with Gasteiger partial charge in [-0.1, -0.05) is 5.16 Å². The third-order valence-electron chi connectivity index (χ3n) is 1.66. The molecule has 0 aliphatic rings. The molecule has 5 heteroatoms. The zero-order valence-electron chi connectivity index (χ0n) is 6.39. The summed E-state index contributed by atoms with van der Waals surface area (Å²) in [7, 11) is 0. The van der Waals surface area contributed by atoms with Gasteiger partial charge in [-0.3, -0.25) is 0 Å². The molecule has 0 radical (unpaired) electrons. The average molecular weight is 179 g/mol. The second-order valence-corrected chi connectivity index (χ2v) is 2.52. The molecular weight excluding hydrogens is 174 g/mol. The maximum absolute atomic E-state index is 10.6. The van der Waals surface area contributed by atoms with Crippen LogP contribution in [-0.4, -0.2) is 21.3 Å². The maximum atomic E-state index is 10.6. The summed E-state index contributed by atoms with van der Waals surface area (Å²) in [5.41, 5.74) is 0.331. The quantitative estimate of drug-likeness (QED) is 0.687. The van der Waals surface area contributed by atoms with Crippen molar-refractivity contribution in [3.05, 3.63) is 24.0 Å². The summed E-state index contributed by atoms with van der Waals surface area (Å²) in [5.74, 6) is -1.36. The van der Waals surface area contributed by atoms with Crippen molar-refractivity contribution in [3.63, 3.8) is 0 Å². The molecule has 13 heavy (non-hydrogen) atoms. The van der Waals surface area contributed by atoms with E-state index in [4.69, 9.17) is 10.2 Å². The molecule has 0 saturated carbocycles. The average Bonchev–Trinajstić information content (AvgIpc) is 2.46. The smallest absolute Gasteiger partial charge is 0.375 e. The van der Waals surface area contributed by atoms with Gasteiger partial charge in [0.1, 0.15) is 11.3 Å². The van der Waals surface area contributed by atoms with Crippen molar-refractivity contribution < 1.29 is 19.5 Å². The van der Waals surface area contributed by atoms with Gasteiger partial charge in [-0.05, 0) is 12.1 Å². The van der Waals surface area contributed by atoms with Gasteiger partial charge in [0.25, 0.3) is 5.76 Å². The lowest BCUT2D eigenvalue weighted by Gasteiger charge is -1.89. The fraction of sp³-hybridized carbons (Fsp3) is 0. The number of hydrogen-bond acceptors (Lipinski definition) is 4. The van der Waals surface area contributed by atoms with E-state index in [9.17, 15) is 4.79 Å². The highest BCUT2D eigenvalue weighted by Crippen LogP contribution is 2.22. The molecule has 5 nitrogen and oxygen atoms in total. The molecule has 2 aromatic rings. The summed E-state index contributed by atoms with van der Waals surface area (Å²) < 4.78 is 4.57. The largest absolute Gasteiger partial charge is 0.508 e. The lowest BCUT2D eigenvalue weighted by molar-refractivity contribution is 0.0655. The highest BCUT2D eigenvalue weighted by atomic mass is 16.5. The van der Waals surface area contributed by atoms with Crippen LogP contribution >= 0.6 is 0 Å². The summed E-state index contributed by atoms with van der Waals surface area (Å²) in [6, 6.07) is 4.17. The van der Waals surface area contributed by atoms with Crippen LogP contribution in [0.2, 0.25) is 0 Å². The molecule has 1 heterocycles. The molecule has 2 rings (SSSR count). The van der Waals surface area contributed by atoms with E-state index in [2.05, 4.69) is 9.68 Å². The van der Waals surface area contributed by atoms with Crippen LogP contribution in [0.1, 0.15) is 10.6 Å². The molecule has 0 fully saturated rings. The number of benzene rings is 1. The van der Waals surface area contributed by atoms with E-state index in [1.807, 2.05) is 0 Å². The first-order chi connectivity index (χ1) is 6.18. The number of phenols is 1. The molecule has 0 amide bonds. The maximum Gasteiger partial charge on any atom is 0.375 e. The van der Waals surface area contributed by atoms with E-state index in [-0.39, 0.29) is 11.5 Å². The van der Waals surface area contributed by atoms with Crippen LogP contribution in [-0.2, 0) is 0 Å². The zero-order chi connectivity index (χ0) is 9.42. The fourth-order valence-corrected chi connectivity index (χ4v) is 1.09. The van der Waals surface area contributed by atoms with Crippen molar-refractivity contribution in [3.8, 4) is 5.75 Å². The number of nitrogens with zero attached hydrogens (tertiary/aromatic N) is 1. The Morgan fingerprint density at radius 2 is 2.23 bits per heavy atom. The highest BCUT2D eigenvalue weighted by molar-refractivity contribution is 5.99. The van der Waals surface area contributed by atoms with Gasteiger partial charge < -0.3 is 14.7 Å². The highest BCUT2D eigenvalue weighted by Gasteiger charge is 2.14. The first kappa shape index (κ1) is 7.60. The topological polar surface area (TPSA) is 83.6 Å². The predicted molar refractivity (Wildman–Crippen MR) is 42.6 cm³/mol. The second-order valence-electron chi connectivity index (χ2n) is 2.52. The molecule has 2 N–H and O–H groups in total. The van der Waals surface area contributed by atoms with Crippen LogP contribution in [0.4, 0.5) is 0 Å². The summed E-state index contributed by atoms with van der Waals surface area (Å²) in [6.07, 6.45) is 0. The van der Waals surface area contributed by atoms with Crippen molar-refractivity contribution in [1.82, 2.24) is 5.16 Å². The summed E-state index contributed by atoms with van der Waals surface area (Å²) in [6.45, 7) is 0. The Labute approximate surface area is 72.2 Å². The molecule has 0 unspecified atom stereocenters. The lowest BCUT2D eigenvalue weighted by atomic mass is 10.2. The normalized spacial score (nSPS) is 10.5. The van der Waals surface area contributed by atoms with Crippen LogP contribution in [0.5, 0.6) is 5.75 Å². The number of aromatic nitrogens is 1. The van der Waals surface area contributed by atoms with Gasteiger partial charge >= 0.3 is 5.97 Å². The van der Waals surface area contributed by atoms with E-state index in [0.717, 1.165) is 0 Å². The van der Waals surface area contributed by atoms with E-state index >= 15 is 0 Å². The number of fused-ring (bicyclic) bond motifs is 1. The van der Waals surface area contributed by atoms with Gasteiger partial charge in [-0.25, -0.2) is 4.79 Å². The first-order valence-corrected chi connectivity index (χ1v) is 3.50. The number of phenolic OH excluding ortho intramolecular Hbond substituents is 1. The third-order valence-corrected chi connectivity index (χ3v) is 1.66. The molecular formula is C8H5NO4. The Balaban J connectivity index is 2.76. The third kappa shape index (κ3) is 1.10. The number of carbonyl (C=O) groups is 1. The standard InChI is InChI=1S/C8H5NO4/c10-4-1-2-5-6(3-4)9-13-7(5)8(11)12/h1-3,10H,(H,11,12). The fourth-order valence-electron chi connectivity index (χ4n) is 1.09. The minimum Gasteiger partial charge on any atom is -0.508 e. The van der Waals surface area contributed by atoms with E-state index in [1.165, 1.54) is 18.2 Å². The number of carboxylic acid groups (broad SMARTS) is 1. The Morgan fingerprint density at radius 1 is 1.46 bits per heavy atom. The molecule has 1 aromatic heterocycles. The van der Waals surface area contributed by atoms with Gasteiger partial charge in [0, 0.05) is 6.07 Å². The summed E-state index contributed by atoms with van der Waals surface area (Å²) in [4.78, 5) is 10.6. The van der Waals surface area contributed by atoms with Crippen molar-refractivity contribution >= 4 is 16.9 Å². The van der Waals surface area contributed by atoms with E-state index in [0.29, 0.717) is 10.9 Å². The molecule has 0 aliphatic carbocycles. The number of hydrogen-bond donors (Lipinski definition) is 2. The Morgan fingerprint density at radius 3 is 2.92 bits per heavy atom.